The maximum absolute atomic E-state index is 12.0. The number of carbonyl (C=O) groups is 1. The number of benzene rings is 2. The highest BCUT2D eigenvalue weighted by molar-refractivity contribution is 7.89. The number of nitriles is 1. The largest absolute Gasteiger partial charge is 0.269 e. The molecule has 0 saturated heterocycles. The molecule has 1 amide bonds. The van der Waals surface area contributed by atoms with Gasteiger partial charge in [0.05, 0.1) is 17.4 Å². The maximum atomic E-state index is 12.0. The summed E-state index contributed by atoms with van der Waals surface area (Å²) in [6.45, 7) is 0. The van der Waals surface area contributed by atoms with Gasteiger partial charge in [-0.05, 0) is 41.5 Å². The molecule has 0 unspecified atom stereocenters. The van der Waals surface area contributed by atoms with Gasteiger partial charge in [-0.1, -0.05) is 35.9 Å². The summed E-state index contributed by atoms with van der Waals surface area (Å²) >= 11 is 5.76. The van der Waals surface area contributed by atoms with Crippen molar-refractivity contribution in [2.24, 2.45) is 0 Å². The van der Waals surface area contributed by atoms with Crippen LogP contribution in [0.15, 0.2) is 54.6 Å². The number of hydrogen-bond donors (Lipinski definition) is 1. The Morgan fingerprint density at radius 2 is 1.75 bits per heavy atom. The van der Waals surface area contributed by atoms with Crippen LogP contribution in [0.3, 0.4) is 0 Å². The topological polar surface area (TPSA) is 87.0 Å². The SMILES string of the molecule is N#Cc1ccc(CS(=O)(=O)NC(=O)/C=C/c2ccc(Cl)cc2)cc1. The molecule has 2 aromatic carbocycles. The van der Waals surface area contributed by atoms with E-state index >= 15 is 0 Å². The van der Waals surface area contributed by atoms with Gasteiger partial charge in [0.2, 0.25) is 10.0 Å². The highest BCUT2D eigenvalue weighted by atomic mass is 35.5. The number of sulfonamides is 1. The Bertz CT molecular complexity index is 896. The van der Waals surface area contributed by atoms with Crippen molar-refractivity contribution in [2.45, 2.75) is 5.75 Å². The van der Waals surface area contributed by atoms with Gasteiger partial charge in [-0.2, -0.15) is 5.26 Å². The van der Waals surface area contributed by atoms with Gasteiger partial charge in [0.15, 0.2) is 0 Å². The third-order valence-corrected chi connectivity index (χ3v) is 4.47. The number of nitrogens with one attached hydrogen (secondary N) is 1. The summed E-state index contributed by atoms with van der Waals surface area (Å²) in [5, 5.41) is 9.28. The maximum Gasteiger partial charge on any atom is 0.257 e. The van der Waals surface area contributed by atoms with E-state index < -0.39 is 15.9 Å². The van der Waals surface area contributed by atoms with Crippen molar-refractivity contribution >= 4 is 33.6 Å². The zero-order valence-electron chi connectivity index (χ0n) is 12.4. The molecule has 0 heterocycles. The lowest BCUT2D eigenvalue weighted by atomic mass is 10.2. The number of amides is 1. The minimum absolute atomic E-state index is 0.348. The lowest BCUT2D eigenvalue weighted by Crippen LogP contribution is -2.30. The minimum Gasteiger partial charge on any atom is -0.269 e. The summed E-state index contributed by atoms with van der Waals surface area (Å²) in [4.78, 5) is 11.7. The number of nitrogens with zero attached hydrogens (tertiary/aromatic N) is 1. The Hall–Kier alpha value is -2.62. The standard InChI is InChI=1S/C17H13ClN2O3S/c18-16-8-5-13(6-9-16)7-10-17(21)20-24(22,23)12-15-3-1-14(11-19)2-4-15/h1-10H,12H2,(H,20,21)/b10-7+. The first-order valence-electron chi connectivity index (χ1n) is 6.85. The molecule has 0 atom stereocenters. The Morgan fingerprint density at radius 1 is 1.12 bits per heavy atom. The van der Waals surface area contributed by atoms with E-state index in [1.54, 1.807) is 24.3 Å². The van der Waals surface area contributed by atoms with Gasteiger partial charge in [-0.25, -0.2) is 13.1 Å². The molecule has 0 saturated carbocycles. The third kappa shape index (κ3) is 5.54. The van der Waals surface area contributed by atoms with Gasteiger partial charge in [-0.15, -0.1) is 0 Å². The smallest absolute Gasteiger partial charge is 0.257 e. The summed E-state index contributed by atoms with van der Waals surface area (Å²) < 4.78 is 25.9. The third-order valence-electron chi connectivity index (χ3n) is 2.99. The summed E-state index contributed by atoms with van der Waals surface area (Å²) in [6, 6.07) is 14.8. The van der Waals surface area contributed by atoms with E-state index in [2.05, 4.69) is 0 Å². The van der Waals surface area contributed by atoms with E-state index in [9.17, 15) is 13.2 Å². The first-order chi connectivity index (χ1) is 11.4. The van der Waals surface area contributed by atoms with Gasteiger partial charge in [0, 0.05) is 11.1 Å². The number of halogens is 1. The van der Waals surface area contributed by atoms with E-state index in [0.717, 1.165) is 11.6 Å². The van der Waals surface area contributed by atoms with Gasteiger partial charge in [0.25, 0.3) is 5.91 Å². The quantitative estimate of drug-likeness (QED) is 0.830. The lowest BCUT2D eigenvalue weighted by molar-refractivity contribution is -0.114. The molecule has 0 radical (unpaired) electrons. The zero-order chi connectivity index (χ0) is 17.6. The van der Waals surface area contributed by atoms with Crippen molar-refractivity contribution in [2.75, 3.05) is 0 Å². The number of hydrogen-bond acceptors (Lipinski definition) is 4. The van der Waals surface area contributed by atoms with Crippen LogP contribution < -0.4 is 4.72 Å². The molecule has 2 rings (SSSR count). The second-order valence-corrected chi connectivity index (χ2v) is 7.08. The molecule has 0 aliphatic heterocycles. The second kappa shape index (κ2) is 7.77. The van der Waals surface area contributed by atoms with Gasteiger partial charge < -0.3 is 0 Å². The molecule has 122 valence electrons. The Morgan fingerprint density at radius 3 is 2.33 bits per heavy atom. The molecule has 0 aromatic heterocycles. The summed E-state index contributed by atoms with van der Waals surface area (Å²) in [6.07, 6.45) is 2.63. The van der Waals surface area contributed by atoms with E-state index in [0.29, 0.717) is 16.1 Å². The van der Waals surface area contributed by atoms with E-state index in [1.807, 2.05) is 10.8 Å². The fourth-order valence-corrected chi connectivity index (χ4v) is 3.07. The summed E-state index contributed by atoms with van der Waals surface area (Å²) in [5.74, 6) is -1.09. The Labute approximate surface area is 145 Å². The van der Waals surface area contributed by atoms with Crippen molar-refractivity contribution in [3.63, 3.8) is 0 Å². The van der Waals surface area contributed by atoms with Crippen LogP contribution in [0.4, 0.5) is 0 Å². The molecular weight excluding hydrogens is 348 g/mol. The van der Waals surface area contributed by atoms with E-state index in [-0.39, 0.29) is 5.75 Å². The molecular formula is C17H13ClN2O3S. The van der Waals surface area contributed by atoms with Crippen LogP contribution in [-0.2, 0) is 20.6 Å². The monoisotopic (exact) mass is 360 g/mol. The molecule has 2 aromatic rings. The average Bonchev–Trinajstić information content (AvgIpc) is 2.54. The highest BCUT2D eigenvalue weighted by Gasteiger charge is 2.13. The fourth-order valence-electron chi connectivity index (χ4n) is 1.86. The average molecular weight is 361 g/mol. The lowest BCUT2D eigenvalue weighted by Gasteiger charge is -2.05. The van der Waals surface area contributed by atoms with Crippen LogP contribution >= 0.6 is 11.6 Å². The van der Waals surface area contributed by atoms with Crippen LogP contribution in [0.2, 0.25) is 5.02 Å². The van der Waals surface area contributed by atoms with Crippen LogP contribution in [0, 0.1) is 11.3 Å². The van der Waals surface area contributed by atoms with Gasteiger partial charge >= 0.3 is 0 Å². The van der Waals surface area contributed by atoms with Crippen molar-refractivity contribution in [1.82, 2.24) is 4.72 Å². The van der Waals surface area contributed by atoms with Crippen molar-refractivity contribution in [1.29, 1.82) is 5.26 Å². The Balaban J connectivity index is 1.98. The highest BCUT2D eigenvalue weighted by Crippen LogP contribution is 2.11. The first kappa shape index (κ1) is 17.7. The second-order valence-electron chi connectivity index (χ2n) is 4.92. The molecule has 0 spiro atoms. The summed E-state index contributed by atoms with van der Waals surface area (Å²) in [5.41, 5.74) is 1.64. The molecule has 0 bridgehead atoms. The van der Waals surface area contributed by atoms with Gasteiger partial charge in [-0.3, -0.25) is 4.79 Å². The van der Waals surface area contributed by atoms with Crippen LogP contribution in [0.25, 0.3) is 6.08 Å². The van der Waals surface area contributed by atoms with Crippen LogP contribution in [0.5, 0.6) is 0 Å². The first-order valence-corrected chi connectivity index (χ1v) is 8.88. The van der Waals surface area contributed by atoms with Crippen molar-refractivity contribution in [3.05, 3.63) is 76.3 Å². The summed E-state index contributed by atoms with van der Waals surface area (Å²) in [7, 11) is -3.82. The predicted molar refractivity (Wildman–Crippen MR) is 92.4 cm³/mol. The molecule has 24 heavy (non-hydrogen) atoms. The fraction of sp³-hybridized carbons (Fsp3) is 0.0588. The number of carbonyl (C=O) groups excluding carboxylic acids is 1. The molecule has 1 N–H and O–H groups in total. The normalized spacial score (nSPS) is 11.2. The minimum atomic E-state index is -3.82. The van der Waals surface area contributed by atoms with Crippen molar-refractivity contribution in [3.8, 4) is 6.07 Å². The molecule has 5 nitrogen and oxygen atoms in total. The molecule has 0 aliphatic rings. The van der Waals surface area contributed by atoms with Crippen molar-refractivity contribution < 1.29 is 13.2 Å². The molecule has 0 aliphatic carbocycles. The van der Waals surface area contributed by atoms with Crippen LogP contribution in [0.1, 0.15) is 16.7 Å². The number of rotatable bonds is 5. The molecule has 7 heteroatoms. The predicted octanol–water partition coefficient (Wildman–Crippen LogP) is 2.87. The zero-order valence-corrected chi connectivity index (χ0v) is 14.0. The van der Waals surface area contributed by atoms with E-state index in [1.165, 1.54) is 30.3 Å². The molecule has 0 fully saturated rings. The van der Waals surface area contributed by atoms with Gasteiger partial charge in [0.1, 0.15) is 0 Å². The van der Waals surface area contributed by atoms with Crippen LogP contribution in [-0.4, -0.2) is 14.3 Å². The Kier molecular flexibility index (Phi) is 5.74. The van der Waals surface area contributed by atoms with E-state index in [4.69, 9.17) is 16.9 Å².